The summed E-state index contributed by atoms with van der Waals surface area (Å²) in [4.78, 5) is 11.6. The van der Waals surface area contributed by atoms with Crippen LogP contribution in [0.5, 0.6) is 5.75 Å². The molecule has 0 bridgehead atoms. The fraction of sp³-hybridized carbons (Fsp3) is 0.391. The lowest BCUT2D eigenvalue weighted by molar-refractivity contribution is -0.119. The number of sulfonamides is 1. The molecule has 5 rings (SSSR count). The molecule has 0 spiro atoms. The Morgan fingerprint density at radius 2 is 1.97 bits per heavy atom. The van der Waals surface area contributed by atoms with E-state index < -0.39 is 10.0 Å². The molecule has 1 N–H and O–H groups in total. The van der Waals surface area contributed by atoms with Crippen molar-refractivity contribution >= 4 is 32.5 Å². The summed E-state index contributed by atoms with van der Waals surface area (Å²) in [7, 11) is -1.33. The number of aromatic nitrogens is 2. The zero-order valence-electron chi connectivity index (χ0n) is 18.1. The summed E-state index contributed by atoms with van der Waals surface area (Å²) in [6.45, 7) is 3.14. The molecule has 1 aromatic heterocycles. The number of hydrogen-bond donors (Lipinski definition) is 1. The Balaban J connectivity index is 1.47. The number of nitrogens with one attached hydrogen (secondary N) is 1. The molecule has 2 aromatic carbocycles. The van der Waals surface area contributed by atoms with Crippen molar-refractivity contribution in [1.29, 1.82) is 0 Å². The highest BCUT2D eigenvalue weighted by atomic mass is 32.2. The fourth-order valence-corrected chi connectivity index (χ4v) is 6.04. The summed E-state index contributed by atoms with van der Waals surface area (Å²) in [6, 6.07) is 11.6. The molecule has 2 unspecified atom stereocenters. The van der Waals surface area contributed by atoms with Crippen LogP contribution in [-0.4, -0.2) is 49.1 Å². The molecule has 9 heteroatoms. The zero-order chi connectivity index (χ0) is 22.5. The number of nitrogens with zero attached hydrogens (tertiary/aromatic N) is 3. The maximum atomic E-state index is 12.2. The van der Waals surface area contributed by atoms with Crippen molar-refractivity contribution in [2.45, 2.75) is 25.9 Å². The second-order valence-electron chi connectivity index (χ2n) is 8.59. The van der Waals surface area contributed by atoms with Crippen LogP contribution in [0, 0.1) is 5.92 Å². The van der Waals surface area contributed by atoms with Gasteiger partial charge >= 0.3 is 0 Å². The van der Waals surface area contributed by atoms with Crippen LogP contribution in [-0.2, 0) is 21.9 Å². The van der Waals surface area contributed by atoms with E-state index in [0.29, 0.717) is 31.6 Å². The average molecular weight is 455 g/mol. The van der Waals surface area contributed by atoms with Gasteiger partial charge in [-0.1, -0.05) is 12.1 Å². The van der Waals surface area contributed by atoms with Crippen LogP contribution < -0.4 is 14.4 Å². The number of aryl methyl sites for hydroxylation is 1. The standard InChI is InChI=1S/C23H26N4O4S/c1-15(18-12-23(28)24-13-18)31-22-11-17(10-21-20(22)14-26(2)25-21)16-4-6-19(7-5-16)27-8-3-9-32(27,29)30/h4-7,10-11,14-15,18H,3,8-9,12-13H2,1-2H3,(H,24,28). The number of ether oxygens (including phenoxy) is 1. The summed E-state index contributed by atoms with van der Waals surface area (Å²) in [5.41, 5.74) is 3.40. The molecule has 2 saturated heterocycles. The van der Waals surface area contributed by atoms with Gasteiger partial charge in [-0.25, -0.2) is 8.42 Å². The quantitative estimate of drug-likeness (QED) is 0.640. The highest BCUT2D eigenvalue weighted by Crippen LogP contribution is 2.35. The van der Waals surface area contributed by atoms with E-state index in [4.69, 9.17) is 4.74 Å². The molecule has 2 atom stereocenters. The number of carbonyl (C=O) groups is 1. The first kappa shape index (κ1) is 20.8. The largest absolute Gasteiger partial charge is 0.490 e. The third-order valence-corrected chi connectivity index (χ3v) is 8.14. The maximum Gasteiger partial charge on any atom is 0.235 e. The van der Waals surface area contributed by atoms with Crippen LogP contribution in [0.15, 0.2) is 42.6 Å². The second-order valence-corrected chi connectivity index (χ2v) is 10.6. The minimum Gasteiger partial charge on any atom is -0.490 e. The summed E-state index contributed by atoms with van der Waals surface area (Å²) < 4.78 is 34.0. The van der Waals surface area contributed by atoms with Crippen molar-refractivity contribution in [3.05, 3.63) is 42.6 Å². The Morgan fingerprint density at radius 1 is 1.19 bits per heavy atom. The van der Waals surface area contributed by atoms with Crippen LogP contribution in [0.2, 0.25) is 0 Å². The van der Waals surface area contributed by atoms with E-state index in [1.54, 1.807) is 4.68 Å². The molecule has 2 aliphatic rings. The Morgan fingerprint density at radius 3 is 2.62 bits per heavy atom. The predicted molar refractivity (Wildman–Crippen MR) is 123 cm³/mol. The van der Waals surface area contributed by atoms with Gasteiger partial charge in [0, 0.05) is 38.7 Å². The first-order valence-corrected chi connectivity index (χ1v) is 12.4. The number of carbonyl (C=O) groups excluding carboxylic acids is 1. The number of amides is 1. The number of anilines is 1. The molecule has 1 amide bonds. The Labute approximate surface area is 187 Å². The molecular formula is C23H26N4O4S. The molecule has 2 fully saturated rings. The van der Waals surface area contributed by atoms with E-state index in [0.717, 1.165) is 27.8 Å². The third kappa shape index (κ3) is 3.81. The third-order valence-electron chi connectivity index (χ3n) is 6.28. The molecule has 0 saturated carbocycles. The summed E-state index contributed by atoms with van der Waals surface area (Å²) in [5.74, 6) is 1.11. The summed E-state index contributed by atoms with van der Waals surface area (Å²) in [5, 5.41) is 8.34. The molecule has 0 aliphatic carbocycles. The highest BCUT2D eigenvalue weighted by Gasteiger charge is 2.29. The topological polar surface area (TPSA) is 93.5 Å². The zero-order valence-corrected chi connectivity index (χ0v) is 18.9. The van der Waals surface area contributed by atoms with E-state index in [-0.39, 0.29) is 23.7 Å². The van der Waals surface area contributed by atoms with Gasteiger partial charge in [0.1, 0.15) is 11.9 Å². The molecule has 2 aliphatic heterocycles. The van der Waals surface area contributed by atoms with Gasteiger partial charge in [-0.05, 0) is 48.7 Å². The molecule has 3 aromatic rings. The molecule has 168 valence electrons. The van der Waals surface area contributed by atoms with E-state index in [1.807, 2.05) is 56.6 Å². The van der Waals surface area contributed by atoms with Crippen molar-refractivity contribution < 1.29 is 17.9 Å². The SMILES string of the molecule is CC(Oc1cc(-c2ccc(N3CCCS3(=O)=O)cc2)cc2nn(C)cc12)C1CNC(=O)C1. The lowest BCUT2D eigenvalue weighted by Crippen LogP contribution is -2.25. The van der Waals surface area contributed by atoms with Crippen molar-refractivity contribution in [2.24, 2.45) is 13.0 Å². The van der Waals surface area contributed by atoms with Crippen molar-refractivity contribution in [3.8, 4) is 16.9 Å². The number of benzene rings is 2. The van der Waals surface area contributed by atoms with Gasteiger partial charge in [-0.15, -0.1) is 0 Å². The Kier molecular flexibility index (Phi) is 5.08. The van der Waals surface area contributed by atoms with Gasteiger partial charge in [0.2, 0.25) is 15.9 Å². The molecule has 8 nitrogen and oxygen atoms in total. The van der Waals surface area contributed by atoms with Gasteiger partial charge < -0.3 is 10.1 Å². The molecule has 0 radical (unpaired) electrons. The first-order valence-electron chi connectivity index (χ1n) is 10.8. The lowest BCUT2D eigenvalue weighted by Gasteiger charge is -2.21. The Bertz CT molecular complexity index is 1280. The molecule has 32 heavy (non-hydrogen) atoms. The smallest absolute Gasteiger partial charge is 0.235 e. The maximum absolute atomic E-state index is 12.2. The molecular weight excluding hydrogens is 428 g/mol. The van der Waals surface area contributed by atoms with Crippen LogP contribution in [0.25, 0.3) is 22.0 Å². The van der Waals surface area contributed by atoms with Crippen molar-refractivity contribution in [3.63, 3.8) is 0 Å². The van der Waals surface area contributed by atoms with Gasteiger partial charge in [0.25, 0.3) is 0 Å². The van der Waals surface area contributed by atoms with Crippen molar-refractivity contribution in [2.75, 3.05) is 23.1 Å². The van der Waals surface area contributed by atoms with E-state index >= 15 is 0 Å². The minimum atomic E-state index is -3.20. The van der Waals surface area contributed by atoms with Crippen molar-refractivity contribution in [1.82, 2.24) is 15.1 Å². The molecule has 3 heterocycles. The number of rotatable bonds is 5. The van der Waals surface area contributed by atoms with E-state index in [2.05, 4.69) is 10.4 Å². The monoisotopic (exact) mass is 454 g/mol. The van der Waals surface area contributed by atoms with Crippen LogP contribution in [0.1, 0.15) is 19.8 Å². The normalized spacial score (nSPS) is 21.1. The second kappa shape index (κ2) is 7.81. The summed E-state index contributed by atoms with van der Waals surface area (Å²) in [6.07, 6.45) is 2.93. The number of hydrogen-bond acceptors (Lipinski definition) is 5. The predicted octanol–water partition coefficient (Wildman–Crippen LogP) is 2.68. The van der Waals surface area contributed by atoms with Crippen LogP contribution in [0.3, 0.4) is 0 Å². The highest BCUT2D eigenvalue weighted by molar-refractivity contribution is 7.93. The van der Waals surface area contributed by atoms with Gasteiger partial charge in [-0.2, -0.15) is 5.10 Å². The lowest BCUT2D eigenvalue weighted by atomic mass is 10.0. The average Bonchev–Trinajstić information content (AvgIpc) is 3.45. The fourth-order valence-electron chi connectivity index (χ4n) is 4.48. The summed E-state index contributed by atoms with van der Waals surface area (Å²) >= 11 is 0. The minimum absolute atomic E-state index is 0.0610. The first-order chi connectivity index (χ1) is 15.3. The van der Waals surface area contributed by atoms with Gasteiger partial charge in [0.15, 0.2) is 0 Å². The van der Waals surface area contributed by atoms with E-state index in [1.165, 1.54) is 4.31 Å². The van der Waals surface area contributed by atoms with E-state index in [9.17, 15) is 13.2 Å². The van der Waals surface area contributed by atoms with Gasteiger partial charge in [0.05, 0.1) is 22.3 Å². The number of fused-ring (bicyclic) bond motifs is 1. The van der Waals surface area contributed by atoms with Gasteiger partial charge in [-0.3, -0.25) is 13.8 Å². The van der Waals surface area contributed by atoms with Crippen LogP contribution >= 0.6 is 0 Å². The van der Waals surface area contributed by atoms with Crippen LogP contribution in [0.4, 0.5) is 5.69 Å². The Hall–Kier alpha value is -3.07.